The van der Waals surface area contributed by atoms with Gasteiger partial charge in [-0.25, -0.2) is 0 Å². The Balaban J connectivity index is 1.66. The molecule has 0 unspecified atom stereocenters. The van der Waals surface area contributed by atoms with Gasteiger partial charge in [0.05, 0.1) is 0 Å². The number of hydrogen-bond donors (Lipinski definition) is 0. The summed E-state index contributed by atoms with van der Waals surface area (Å²) < 4.78 is 5.11. The molecule has 1 fully saturated rings. The summed E-state index contributed by atoms with van der Waals surface area (Å²) in [5, 5.41) is 0. The molecule has 1 aromatic carbocycles. The minimum Gasteiger partial charge on any atom is -0.375 e. The molecule has 5 nitrogen and oxygen atoms in total. The van der Waals surface area contributed by atoms with Gasteiger partial charge >= 0.3 is 0 Å². The molecular formula is C21H27N3O2. The lowest BCUT2D eigenvalue weighted by atomic mass is 10.0. The number of carbonyl (C=O) groups is 1. The fraction of sp³-hybridized carbons (Fsp3) is 0.429. The maximum Gasteiger partial charge on any atom is 0.253 e. The zero-order valence-corrected chi connectivity index (χ0v) is 15.6. The van der Waals surface area contributed by atoms with Gasteiger partial charge in [0.2, 0.25) is 0 Å². The van der Waals surface area contributed by atoms with Gasteiger partial charge in [0.1, 0.15) is 6.61 Å². The van der Waals surface area contributed by atoms with Crippen LogP contribution in [0.4, 0.5) is 5.69 Å². The van der Waals surface area contributed by atoms with E-state index in [4.69, 9.17) is 4.74 Å². The number of aryl methyl sites for hydroxylation is 1. The molecular weight excluding hydrogens is 326 g/mol. The van der Waals surface area contributed by atoms with Crippen LogP contribution in [-0.4, -0.2) is 48.6 Å². The Morgan fingerprint density at radius 1 is 1.15 bits per heavy atom. The largest absolute Gasteiger partial charge is 0.375 e. The summed E-state index contributed by atoms with van der Waals surface area (Å²) in [7, 11) is 1.57. The van der Waals surface area contributed by atoms with Crippen LogP contribution < -0.4 is 4.90 Å². The number of pyridine rings is 1. The van der Waals surface area contributed by atoms with Crippen LogP contribution in [0.15, 0.2) is 48.8 Å². The third-order valence-corrected chi connectivity index (χ3v) is 4.93. The van der Waals surface area contributed by atoms with Crippen LogP contribution in [0.2, 0.25) is 0 Å². The summed E-state index contributed by atoms with van der Waals surface area (Å²) in [6.07, 6.45) is 5.61. The number of carbonyl (C=O) groups excluding carboxylic acids is 1. The molecule has 1 aromatic heterocycles. The van der Waals surface area contributed by atoms with Crippen molar-refractivity contribution in [3.63, 3.8) is 0 Å². The molecule has 0 saturated carbocycles. The summed E-state index contributed by atoms with van der Waals surface area (Å²) in [6.45, 7) is 5.07. The molecule has 3 rings (SSSR count). The van der Waals surface area contributed by atoms with Crippen molar-refractivity contribution in [2.45, 2.75) is 32.4 Å². The Bertz CT molecular complexity index is 695. The number of benzene rings is 1. The van der Waals surface area contributed by atoms with E-state index in [0.717, 1.165) is 38.2 Å². The summed E-state index contributed by atoms with van der Waals surface area (Å²) in [5.74, 6) is 0.0314. The van der Waals surface area contributed by atoms with Crippen LogP contribution >= 0.6 is 0 Å². The first-order chi connectivity index (χ1) is 12.7. The second-order valence-corrected chi connectivity index (χ2v) is 6.90. The average Bonchev–Trinajstić information content (AvgIpc) is 2.66. The van der Waals surface area contributed by atoms with Gasteiger partial charge in [-0.1, -0.05) is 17.7 Å². The molecule has 0 N–H and O–H groups in total. The highest BCUT2D eigenvalue weighted by Crippen LogP contribution is 2.25. The number of piperidine rings is 1. The maximum absolute atomic E-state index is 12.7. The number of hydrogen-bond acceptors (Lipinski definition) is 4. The summed E-state index contributed by atoms with van der Waals surface area (Å²) >= 11 is 0. The molecule has 138 valence electrons. The van der Waals surface area contributed by atoms with Crippen molar-refractivity contribution < 1.29 is 9.53 Å². The number of nitrogens with zero attached hydrogens (tertiary/aromatic N) is 3. The van der Waals surface area contributed by atoms with Crippen LogP contribution in [0.25, 0.3) is 0 Å². The zero-order chi connectivity index (χ0) is 18.4. The minimum atomic E-state index is 0.0314. The molecule has 0 radical (unpaired) electrons. The highest BCUT2D eigenvalue weighted by molar-refractivity contribution is 5.94. The molecule has 1 aliphatic heterocycles. The Hall–Kier alpha value is -2.24. The van der Waals surface area contributed by atoms with E-state index in [1.54, 1.807) is 7.11 Å². The minimum absolute atomic E-state index is 0.0314. The maximum atomic E-state index is 12.7. The van der Waals surface area contributed by atoms with Crippen molar-refractivity contribution in [2.24, 2.45) is 0 Å². The van der Waals surface area contributed by atoms with E-state index in [2.05, 4.69) is 41.1 Å². The zero-order valence-electron chi connectivity index (χ0n) is 15.6. The monoisotopic (exact) mass is 353 g/mol. The van der Waals surface area contributed by atoms with Gasteiger partial charge in [-0.2, -0.15) is 0 Å². The first-order valence-electron chi connectivity index (χ1n) is 9.16. The Kier molecular flexibility index (Phi) is 6.36. The normalized spacial score (nSPS) is 15.8. The van der Waals surface area contributed by atoms with E-state index in [1.165, 1.54) is 11.1 Å². The summed E-state index contributed by atoms with van der Waals surface area (Å²) in [6, 6.07) is 12.5. The molecule has 5 heteroatoms. The average molecular weight is 353 g/mol. The van der Waals surface area contributed by atoms with Gasteiger partial charge in [-0.05, 0) is 49.6 Å². The molecule has 0 atom stereocenters. The van der Waals surface area contributed by atoms with E-state index < -0.39 is 0 Å². The second-order valence-electron chi connectivity index (χ2n) is 6.90. The number of anilines is 1. The fourth-order valence-electron chi connectivity index (χ4n) is 3.54. The second kappa shape index (κ2) is 8.92. The van der Waals surface area contributed by atoms with Crippen molar-refractivity contribution in [3.05, 3.63) is 59.9 Å². The van der Waals surface area contributed by atoms with Crippen molar-refractivity contribution in [3.8, 4) is 0 Å². The molecule has 2 heterocycles. The highest BCUT2D eigenvalue weighted by Gasteiger charge is 2.29. The van der Waals surface area contributed by atoms with E-state index in [-0.39, 0.29) is 18.6 Å². The number of aromatic nitrogens is 1. The number of ether oxygens (including phenoxy) is 1. The quantitative estimate of drug-likeness (QED) is 0.801. The van der Waals surface area contributed by atoms with Crippen molar-refractivity contribution in [1.29, 1.82) is 0 Å². The van der Waals surface area contributed by atoms with E-state index in [9.17, 15) is 4.79 Å². The topological polar surface area (TPSA) is 45.7 Å². The van der Waals surface area contributed by atoms with Crippen molar-refractivity contribution in [2.75, 3.05) is 31.7 Å². The van der Waals surface area contributed by atoms with Gasteiger partial charge in [-0.3, -0.25) is 14.7 Å². The Morgan fingerprint density at radius 2 is 1.81 bits per heavy atom. The number of amides is 1. The van der Waals surface area contributed by atoms with E-state index in [0.29, 0.717) is 0 Å². The fourth-order valence-corrected chi connectivity index (χ4v) is 3.54. The first kappa shape index (κ1) is 18.5. The summed E-state index contributed by atoms with van der Waals surface area (Å²) in [5.41, 5.74) is 3.44. The van der Waals surface area contributed by atoms with Gasteiger partial charge < -0.3 is 9.64 Å². The van der Waals surface area contributed by atoms with E-state index >= 15 is 0 Å². The highest BCUT2D eigenvalue weighted by atomic mass is 16.5. The van der Waals surface area contributed by atoms with Crippen LogP contribution in [0.3, 0.4) is 0 Å². The predicted octanol–water partition coefficient (Wildman–Crippen LogP) is 3.03. The third kappa shape index (κ3) is 4.68. The number of rotatable bonds is 6. The van der Waals surface area contributed by atoms with Gasteiger partial charge in [0.25, 0.3) is 5.91 Å². The van der Waals surface area contributed by atoms with E-state index in [1.807, 2.05) is 29.4 Å². The standard InChI is InChI=1S/C21H27N3O2/c1-17-3-5-19(6-4-17)24(21(25)16-26-2)20-9-13-23(14-10-20)15-18-7-11-22-12-8-18/h3-8,11-12,20H,9-10,13-16H2,1-2H3. The van der Waals surface area contributed by atoms with Crippen molar-refractivity contribution >= 4 is 11.6 Å². The lowest BCUT2D eigenvalue weighted by Crippen LogP contribution is -2.48. The molecule has 1 aliphatic rings. The molecule has 0 bridgehead atoms. The lowest BCUT2D eigenvalue weighted by Gasteiger charge is -2.38. The van der Waals surface area contributed by atoms with Crippen LogP contribution in [0, 0.1) is 6.92 Å². The SMILES string of the molecule is COCC(=O)N(c1ccc(C)cc1)C1CCN(Cc2ccncc2)CC1. The number of likely N-dealkylation sites (tertiary alicyclic amines) is 1. The summed E-state index contributed by atoms with van der Waals surface area (Å²) in [4.78, 5) is 21.1. The number of methoxy groups -OCH3 is 1. The predicted molar refractivity (Wildman–Crippen MR) is 103 cm³/mol. The molecule has 1 saturated heterocycles. The smallest absolute Gasteiger partial charge is 0.253 e. The first-order valence-corrected chi connectivity index (χ1v) is 9.16. The van der Waals surface area contributed by atoms with Crippen molar-refractivity contribution in [1.82, 2.24) is 9.88 Å². The Labute approximate surface area is 155 Å². The van der Waals surface area contributed by atoms with Gasteiger partial charge in [0, 0.05) is 50.9 Å². The van der Waals surface area contributed by atoms with Crippen LogP contribution in [0.1, 0.15) is 24.0 Å². The Morgan fingerprint density at radius 3 is 2.42 bits per heavy atom. The van der Waals surface area contributed by atoms with Crippen LogP contribution in [-0.2, 0) is 16.1 Å². The lowest BCUT2D eigenvalue weighted by molar-refractivity contribution is -0.122. The molecule has 0 spiro atoms. The van der Waals surface area contributed by atoms with Crippen LogP contribution in [0.5, 0.6) is 0 Å². The third-order valence-electron chi connectivity index (χ3n) is 4.93. The molecule has 2 aromatic rings. The van der Waals surface area contributed by atoms with Gasteiger partial charge in [0.15, 0.2) is 0 Å². The molecule has 0 aliphatic carbocycles. The molecule has 1 amide bonds. The molecule has 26 heavy (non-hydrogen) atoms. The van der Waals surface area contributed by atoms with Gasteiger partial charge in [-0.15, -0.1) is 0 Å².